The Morgan fingerprint density at radius 3 is 2.93 bits per heavy atom. The molecular weight excluding hydrogens is 274 g/mol. The Morgan fingerprint density at radius 1 is 1.53 bits per heavy atom. The molecule has 1 aromatic rings. The van der Waals surface area contributed by atoms with Crippen LogP contribution < -0.4 is 5.73 Å². The summed E-state index contributed by atoms with van der Waals surface area (Å²) in [4.78, 5) is 12.2. The summed E-state index contributed by atoms with van der Waals surface area (Å²) in [5.41, 5.74) is 6.53. The molecule has 4 heteroatoms. The van der Waals surface area contributed by atoms with Gasteiger partial charge in [-0.25, -0.2) is 0 Å². The van der Waals surface area contributed by atoms with E-state index >= 15 is 0 Å². The minimum absolute atomic E-state index is 0.154. The third kappa shape index (κ3) is 2.17. The fourth-order valence-corrected chi connectivity index (χ4v) is 3.80. The van der Waals surface area contributed by atoms with Crippen molar-refractivity contribution in [1.82, 2.24) is 0 Å². The highest BCUT2D eigenvalue weighted by molar-refractivity contribution is 9.10. The topological polar surface area (TPSA) is 43.1 Å². The van der Waals surface area contributed by atoms with Gasteiger partial charge < -0.3 is 5.73 Å². The van der Waals surface area contributed by atoms with Crippen LogP contribution >= 0.6 is 27.3 Å². The lowest BCUT2D eigenvalue weighted by Gasteiger charge is -2.15. The second-order valence-electron chi connectivity index (χ2n) is 4.03. The van der Waals surface area contributed by atoms with Gasteiger partial charge in [0.25, 0.3) is 0 Å². The lowest BCUT2D eigenvalue weighted by Crippen LogP contribution is -2.25. The molecule has 2 N–H and O–H groups in total. The molecule has 2 rings (SSSR count). The van der Waals surface area contributed by atoms with Gasteiger partial charge in [-0.1, -0.05) is 6.42 Å². The van der Waals surface area contributed by atoms with Crippen LogP contribution in [0.1, 0.15) is 29.6 Å². The summed E-state index contributed by atoms with van der Waals surface area (Å²) in [6, 6.07) is 0. The molecule has 0 saturated heterocycles. The van der Waals surface area contributed by atoms with Crippen molar-refractivity contribution >= 4 is 33.0 Å². The molecule has 0 spiro atoms. The standard InChI is InChI=1S/C11H14BrNOS/c12-10-6-15-5-9(10)11(14)8-3-1-2-7(8)4-13/h5-8H,1-4,13H2. The first kappa shape index (κ1) is 11.3. The molecule has 0 aromatic carbocycles. The van der Waals surface area contributed by atoms with Crippen LogP contribution in [0.15, 0.2) is 15.2 Å². The lowest BCUT2D eigenvalue weighted by atomic mass is 9.89. The molecule has 1 aromatic heterocycles. The molecule has 15 heavy (non-hydrogen) atoms. The molecular formula is C11H14BrNOS. The zero-order valence-corrected chi connectivity index (χ0v) is 10.8. The Kier molecular flexibility index (Phi) is 3.59. The van der Waals surface area contributed by atoms with Crippen LogP contribution in [-0.2, 0) is 0 Å². The van der Waals surface area contributed by atoms with E-state index in [9.17, 15) is 4.79 Å². The molecule has 1 aliphatic carbocycles. The smallest absolute Gasteiger partial charge is 0.168 e. The van der Waals surface area contributed by atoms with E-state index in [1.807, 2.05) is 10.8 Å². The number of hydrogen-bond donors (Lipinski definition) is 1. The van der Waals surface area contributed by atoms with Crippen LogP contribution in [0.3, 0.4) is 0 Å². The number of carbonyl (C=O) groups is 1. The molecule has 1 heterocycles. The van der Waals surface area contributed by atoms with E-state index in [1.165, 1.54) is 0 Å². The van der Waals surface area contributed by atoms with Crippen LogP contribution in [-0.4, -0.2) is 12.3 Å². The van der Waals surface area contributed by atoms with E-state index in [2.05, 4.69) is 15.9 Å². The van der Waals surface area contributed by atoms with Crippen LogP contribution in [0.25, 0.3) is 0 Å². The van der Waals surface area contributed by atoms with Crippen molar-refractivity contribution in [3.63, 3.8) is 0 Å². The predicted molar refractivity (Wildman–Crippen MR) is 66.2 cm³/mol. The van der Waals surface area contributed by atoms with Crippen LogP contribution in [0, 0.1) is 11.8 Å². The number of thiophene rings is 1. The molecule has 82 valence electrons. The molecule has 2 nitrogen and oxygen atoms in total. The molecule has 0 aliphatic heterocycles. The van der Waals surface area contributed by atoms with Crippen LogP contribution in [0.4, 0.5) is 0 Å². The Bertz CT molecular complexity index is 363. The van der Waals surface area contributed by atoms with Crippen molar-refractivity contribution < 1.29 is 4.79 Å². The third-order valence-corrected chi connectivity index (χ3v) is 4.88. The second kappa shape index (κ2) is 4.76. The number of Topliss-reactive ketones (excluding diaryl/α,β-unsaturated/α-hetero) is 1. The maximum absolute atomic E-state index is 12.2. The zero-order chi connectivity index (χ0) is 10.8. The quantitative estimate of drug-likeness (QED) is 0.869. The highest BCUT2D eigenvalue weighted by Crippen LogP contribution is 2.35. The van der Waals surface area contributed by atoms with Crippen molar-refractivity contribution in [3.05, 3.63) is 20.8 Å². The normalized spacial score (nSPS) is 25.7. The molecule has 0 radical (unpaired) electrons. The fraction of sp³-hybridized carbons (Fsp3) is 0.545. The van der Waals surface area contributed by atoms with E-state index in [4.69, 9.17) is 5.73 Å². The Balaban J connectivity index is 2.18. The first-order valence-electron chi connectivity index (χ1n) is 5.20. The van der Waals surface area contributed by atoms with E-state index in [1.54, 1.807) is 11.3 Å². The Morgan fingerprint density at radius 2 is 2.33 bits per heavy atom. The summed E-state index contributed by atoms with van der Waals surface area (Å²) < 4.78 is 0.931. The van der Waals surface area contributed by atoms with Crippen molar-refractivity contribution in [2.75, 3.05) is 6.54 Å². The maximum atomic E-state index is 12.2. The van der Waals surface area contributed by atoms with E-state index in [-0.39, 0.29) is 11.7 Å². The summed E-state index contributed by atoms with van der Waals surface area (Å²) in [6.07, 6.45) is 3.25. The molecule has 1 aliphatic rings. The molecule has 2 atom stereocenters. The van der Waals surface area contributed by atoms with Gasteiger partial charge in [-0.3, -0.25) is 4.79 Å². The van der Waals surface area contributed by atoms with Gasteiger partial charge >= 0.3 is 0 Å². The van der Waals surface area contributed by atoms with Gasteiger partial charge in [-0.2, -0.15) is 11.3 Å². The summed E-state index contributed by atoms with van der Waals surface area (Å²) in [5, 5.41) is 3.89. The zero-order valence-electron chi connectivity index (χ0n) is 8.41. The van der Waals surface area contributed by atoms with Crippen molar-refractivity contribution in [2.24, 2.45) is 17.6 Å². The average Bonchev–Trinajstić information content (AvgIpc) is 2.84. The molecule has 1 saturated carbocycles. The van der Waals surface area contributed by atoms with Gasteiger partial charge in [0.15, 0.2) is 5.78 Å². The van der Waals surface area contributed by atoms with Crippen molar-refractivity contribution in [1.29, 1.82) is 0 Å². The van der Waals surface area contributed by atoms with Gasteiger partial charge in [-0.15, -0.1) is 0 Å². The van der Waals surface area contributed by atoms with Gasteiger partial charge in [0.05, 0.1) is 0 Å². The largest absolute Gasteiger partial charge is 0.330 e. The highest BCUT2D eigenvalue weighted by atomic mass is 79.9. The SMILES string of the molecule is NCC1CCCC1C(=O)c1cscc1Br. The summed E-state index contributed by atoms with van der Waals surface area (Å²) in [6.45, 7) is 0.637. The number of halogens is 1. The van der Waals surface area contributed by atoms with Gasteiger partial charge in [-0.05, 0) is 41.2 Å². The predicted octanol–water partition coefficient (Wildman–Crippen LogP) is 3.07. The summed E-state index contributed by atoms with van der Waals surface area (Å²) in [5.74, 6) is 0.821. The average molecular weight is 288 g/mol. The molecule has 1 fully saturated rings. The summed E-state index contributed by atoms with van der Waals surface area (Å²) >= 11 is 4.98. The molecule has 0 amide bonds. The maximum Gasteiger partial charge on any atom is 0.168 e. The second-order valence-corrected chi connectivity index (χ2v) is 5.63. The number of carbonyl (C=O) groups excluding carboxylic acids is 1. The minimum Gasteiger partial charge on any atom is -0.330 e. The summed E-state index contributed by atoms with van der Waals surface area (Å²) in [7, 11) is 0. The molecule has 0 bridgehead atoms. The number of hydrogen-bond acceptors (Lipinski definition) is 3. The fourth-order valence-electron chi connectivity index (χ4n) is 2.32. The lowest BCUT2D eigenvalue weighted by molar-refractivity contribution is 0.0893. The monoisotopic (exact) mass is 287 g/mol. The number of rotatable bonds is 3. The van der Waals surface area contributed by atoms with Gasteiger partial charge in [0.2, 0.25) is 0 Å². The van der Waals surface area contributed by atoms with Crippen LogP contribution in [0.5, 0.6) is 0 Å². The Hall–Kier alpha value is -0.190. The van der Waals surface area contributed by atoms with Crippen molar-refractivity contribution in [3.8, 4) is 0 Å². The van der Waals surface area contributed by atoms with Crippen LogP contribution in [0.2, 0.25) is 0 Å². The van der Waals surface area contributed by atoms with Crippen molar-refractivity contribution in [2.45, 2.75) is 19.3 Å². The minimum atomic E-state index is 0.154. The highest BCUT2D eigenvalue weighted by Gasteiger charge is 2.33. The first-order valence-corrected chi connectivity index (χ1v) is 6.93. The van der Waals surface area contributed by atoms with Gasteiger partial charge in [0, 0.05) is 26.7 Å². The first-order chi connectivity index (χ1) is 7.24. The van der Waals surface area contributed by atoms with E-state index in [0.29, 0.717) is 12.5 Å². The number of ketones is 1. The van der Waals surface area contributed by atoms with E-state index in [0.717, 1.165) is 29.3 Å². The van der Waals surface area contributed by atoms with Gasteiger partial charge in [0.1, 0.15) is 0 Å². The number of nitrogens with two attached hydrogens (primary N) is 1. The molecule has 2 unspecified atom stereocenters. The Labute approximate surface area is 102 Å². The third-order valence-electron chi connectivity index (χ3n) is 3.18. The van der Waals surface area contributed by atoms with E-state index < -0.39 is 0 Å².